The molecule has 0 aromatic heterocycles. The highest BCUT2D eigenvalue weighted by molar-refractivity contribution is 5.89. The zero-order chi connectivity index (χ0) is 20.4. The Bertz CT molecular complexity index is 983. The summed E-state index contributed by atoms with van der Waals surface area (Å²) < 4.78 is 35.0. The fraction of sp³-hybridized carbons (Fsp3) is 0.455. The molecule has 1 saturated heterocycles. The highest BCUT2D eigenvalue weighted by atomic mass is 16.7. The maximum absolute atomic E-state index is 10.6. The number of rotatable bonds is 3. The second kappa shape index (κ2) is 6.35. The minimum Gasteiger partial charge on any atom is -0.504 e. The van der Waals surface area contributed by atoms with Crippen LogP contribution >= 0.6 is 0 Å². The van der Waals surface area contributed by atoms with E-state index >= 15 is 0 Å². The monoisotopic (exact) mass is 400 g/mol. The van der Waals surface area contributed by atoms with Crippen molar-refractivity contribution >= 4 is 0 Å². The van der Waals surface area contributed by atoms with Crippen LogP contribution < -0.4 is 23.7 Å². The Morgan fingerprint density at radius 2 is 1.41 bits per heavy atom. The van der Waals surface area contributed by atoms with E-state index in [1.807, 2.05) is 6.07 Å². The molecular weight excluding hydrogens is 376 g/mol. The van der Waals surface area contributed by atoms with Crippen molar-refractivity contribution in [3.05, 3.63) is 23.3 Å². The first-order chi connectivity index (χ1) is 14.0. The van der Waals surface area contributed by atoms with Crippen molar-refractivity contribution in [2.45, 2.75) is 26.1 Å². The van der Waals surface area contributed by atoms with Crippen LogP contribution in [0.15, 0.2) is 12.1 Å². The molecule has 3 aliphatic heterocycles. The molecule has 4 atom stereocenters. The minimum atomic E-state index is -0.204. The summed E-state index contributed by atoms with van der Waals surface area (Å²) in [6.07, 6.45) is -0.358. The summed E-state index contributed by atoms with van der Waals surface area (Å²) in [5.74, 6) is 2.99. The van der Waals surface area contributed by atoms with Gasteiger partial charge in [0.05, 0.1) is 33.5 Å². The summed E-state index contributed by atoms with van der Waals surface area (Å²) in [6.45, 7) is 4.49. The molecule has 154 valence electrons. The van der Waals surface area contributed by atoms with Crippen molar-refractivity contribution in [3.63, 3.8) is 0 Å². The largest absolute Gasteiger partial charge is 0.504 e. The Balaban J connectivity index is 1.94. The van der Waals surface area contributed by atoms with E-state index in [0.717, 1.165) is 22.3 Å². The number of aromatic hydroxyl groups is 1. The first-order valence-corrected chi connectivity index (χ1v) is 9.65. The topological polar surface area (TPSA) is 75.6 Å². The zero-order valence-corrected chi connectivity index (χ0v) is 17.1. The second-order valence-corrected chi connectivity index (χ2v) is 7.73. The molecule has 1 N–H and O–H groups in total. The number of ether oxygens (including phenoxy) is 6. The van der Waals surface area contributed by atoms with Crippen LogP contribution in [0.4, 0.5) is 0 Å². The van der Waals surface area contributed by atoms with Gasteiger partial charge >= 0.3 is 0 Å². The summed E-state index contributed by atoms with van der Waals surface area (Å²) in [7, 11) is 4.68. The fourth-order valence-corrected chi connectivity index (χ4v) is 4.90. The van der Waals surface area contributed by atoms with Crippen LogP contribution in [0.25, 0.3) is 11.1 Å². The van der Waals surface area contributed by atoms with E-state index in [1.54, 1.807) is 20.3 Å². The lowest BCUT2D eigenvalue weighted by molar-refractivity contribution is 0.0312. The molecule has 3 aliphatic rings. The normalized spacial score (nSPS) is 25.8. The SMILES string of the molecule is COc1c(O)cc2c(c1OC)-c1c(cc3c(c1OC)OCO3)C1OC2C(C)C1C. The van der Waals surface area contributed by atoms with Gasteiger partial charge in [0.25, 0.3) is 0 Å². The Morgan fingerprint density at radius 1 is 0.828 bits per heavy atom. The van der Waals surface area contributed by atoms with Crippen LogP contribution in [0.3, 0.4) is 0 Å². The van der Waals surface area contributed by atoms with E-state index in [-0.39, 0.29) is 42.3 Å². The molecule has 2 bridgehead atoms. The minimum absolute atomic E-state index is 0.0122. The summed E-state index contributed by atoms with van der Waals surface area (Å²) in [4.78, 5) is 0. The maximum atomic E-state index is 10.6. The molecule has 2 aromatic rings. The number of hydrogen-bond acceptors (Lipinski definition) is 7. The van der Waals surface area contributed by atoms with Gasteiger partial charge in [-0.1, -0.05) is 13.8 Å². The van der Waals surface area contributed by atoms with Crippen molar-refractivity contribution in [2.75, 3.05) is 28.1 Å². The Morgan fingerprint density at radius 3 is 2.03 bits per heavy atom. The van der Waals surface area contributed by atoms with E-state index in [1.165, 1.54) is 7.11 Å². The maximum Gasteiger partial charge on any atom is 0.231 e. The molecular formula is C22H24O7. The van der Waals surface area contributed by atoms with Crippen LogP contribution in [0.5, 0.6) is 34.5 Å². The summed E-state index contributed by atoms with van der Waals surface area (Å²) >= 11 is 0. The highest BCUT2D eigenvalue weighted by Gasteiger charge is 2.48. The van der Waals surface area contributed by atoms with Gasteiger partial charge in [-0.25, -0.2) is 0 Å². The molecule has 0 aliphatic carbocycles. The molecule has 7 heteroatoms. The van der Waals surface area contributed by atoms with Gasteiger partial charge in [-0.05, 0) is 35.1 Å². The van der Waals surface area contributed by atoms with Crippen LogP contribution in [-0.2, 0) is 4.74 Å². The first kappa shape index (κ1) is 18.2. The summed E-state index contributed by atoms with van der Waals surface area (Å²) in [5.41, 5.74) is 3.42. The van der Waals surface area contributed by atoms with Gasteiger partial charge in [-0.3, -0.25) is 0 Å². The molecule has 5 rings (SSSR count). The van der Waals surface area contributed by atoms with Crippen molar-refractivity contribution in [2.24, 2.45) is 11.8 Å². The number of methoxy groups -OCH3 is 3. The second-order valence-electron chi connectivity index (χ2n) is 7.73. The van der Waals surface area contributed by atoms with Crippen LogP contribution in [0.1, 0.15) is 37.2 Å². The molecule has 4 unspecified atom stereocenters. The van der Waals surface area contributed by atoms with Crippen LogP contribution in [-0.4, -0.2) is 33.2 Å². The molecule has 2 aromatic carbocycles. The van der Waals surface area contributed by atoms with Gasteiger partial charge < -0.3 is 33.5 Å². The van der Waals surface area contributed by atoms with Gasteiger partial charge in [0.15, 0.2) is 23.0 Å². The number of fused-ring (bicyclic) bond motifs is 8. The number of benzene rings is 2. The van der Waals surface area contributed by atoms with Crippen LogP contribution in [0.2, 0.25) is 0 Å². The van der Waals surface area contributed by atoms with Gasteiger partial charge in [0, 0.05) is 11.1 Å². The van der Waals surface area contributed by atoms with E-state index in [9.17, 15) is 5.11 Å². The molecule has 3 heterocycles. The third-order valence-corrected chi connectivity index (χ3v) is 6.45. The average molecular weight is 400 g/mol. The van der Waals surface area contributed by atoms with E-state index in [0.29, 0.717) is 23.0 Å². The first-order valence-electron chi connectivity index (χ1n) is 9.65. The smallest absolute Gasteiger partial charge is 0.231 e. The van der Waals surface area contributed by atoms with Gasteiger partial charge in [-0.15, -0.1) is 0 Å². The Kier molecular flexibility index (Phi) is 4.00. The lowest BCUT2D eigenvalue weighted by Gasteiger charge is -2.27. The van der Waals surface area contributed by atoms with Crippen molar-refractivity contribution in [1.29, 1.82) is 0 Å². The van der Waals surface area contributed by atoms with Gasteiger partial charge in [0.2, 0.25) is 18.3 Å². The number of phenols is 1. The molecule has 1 fully saturated rings. The quantitative estimate of drug-likeness (QED) is 0.827. The van der Waals surface area contributed by atoms with Crippen molar-refractivity contribution in [3.8, 4) is 45.6 Å². The molecule has 7 nitrogen and oxygen atoms in total. The summed E-state index contributed by atoms with van der Waals surface area (Å²) in [5, 5.41) is 10.6. The zero-order valence-electron chi connectivity index (χ0n) is 17.1. The third kappa shape index (κ3) is 2.28. The van der Waals surface area contributed by atoms with E-state index in [4.69, 9.17) is 28.4 Å². The van der Waals surface area contributed by atoms with Gasteiger partial charge in [0.1, 0.15) is 0 Å². The van der Waals surface area contributed by atoms with E-state index in [2.05, 4.69) is 13.8 Å². The average Bonchev–Trinajstić information content (AvgIpc) is 3.26. The Hall–Kier alpha value is -2.80. The third-order valence-electron chi connectivity index (χ3n) is 6.45. The standard InChI is InChI=1S/C22H24O7/c1-9-10(2)18-12-7-14-20(28-8-27-14)22(26-5)16(12)15-11(17(9)29-18)6-13(23)19(24-3)21(15)25-4/h6-7,9-10,17-18,23H,8H2,1-5H3. The Labute approximate surface area is 169 Å². The van der Waals surface area contributed by atoms with E-state index < -0.39 is 0 Å². The van der Waals surface area contributed by atoms with Crippen molar-refractivity contribution in [1.82, 2.24) is 0 Å². The van der Waals surface area contributed by atoms with Crippen LogP contribution in [0, 0.1) is 11.8 Å². The molecule has 0 spiro atoms. The lowest BCUT2D eigenvalue weighted by atomic mass is 9.77. The summed E-state index contributed by atoms with van der Waals surface area (Å²) in [6, 6.07) is 3.69. The molecule has 0 amide bonds. The molecule has 0 saturated carbocycles. The highest BCUT2D eigenvalue weighted by Crippen LogP contribution is 2.63. The lowest BCUT2D eigenvalue weighted by Crippen LogP contribution is -2.14. The molecule has 29 heavy (non-hydrogen) atoms. The van der Waals surface area contributed by atoms with Gasteiger partial charge in [-0.2, -0.15) is 0 Å². The molecule has 0 radical (unpaired) electrons. The fourth-order valence-electron chi connectivity index (χ4n) is 4.90. The predicted molar refractivity (Wildman–Crippen MR) is 104 cm³/mol. The number of phenolic OH excluding ortho intramolecular Hbond substituents is 1. The number of hydrogen-bond donors (Lipinski definition) is 1. The van der Waals surface area contributed by atoms with Crippen molar-refractivity contribution < 1.29 is 33.5 Å². The predicted octanol–water partition coefficient (Wildman–Crippen LogP) is 4.21.